The van der Waals surface area contributed by atoms with E-state index in [1.54, 1.807) is 6.92 Å². The summed E-state index contributed by atoms with van der Waals surface area (Å²) in [6.07, 6.45) is 4.01. The Hall–Kier alpha value is -1.36. The number of hydrogen-bond acceptors (Lipinski definition) is 4. The lowest BCUT2D eigenvalue weighted by Crippen LogP contribution is -2.49. The van der Waals surface area contributed by atoms with E-state index in [4.69, 9.17) is 4.42 Å². The Morgan fingerprint density at radius 3 is 2.78 bits per heavy atom. The summed E-state index contributed by atoms with van der Waals surface area (Å²) in [4.78, 5) is 15.8. The molecule has 1 amide bonds. The maximum atomic E-state index is 11.8. The van der Waals surface area contributed by atoms with E-state index in [-0.39, 0.29) is 23.6 Å². The Kier molecular flexibility index (Phi) is 3.19. The minimum Gasteiger partial charge on any atom is -0.448 e. The highest BCUT2D eigenvalue weighted by Gasteiger charge is 2.47. The van der Waals surface area contributed by atoms with Crippen molar-refractivity contribution < 1.29 is 14.3 Å². The van der Waals surface area contributed by atoms with Gasteiger partial charge in [0.25, 0.3) is 5.91 Å². The van der Waals surface area contributed by atoms with Gasteiger partial charge in [0, 0.05) is 13.5 Å². The Morgan fingerprint density at radius 2 is 2.28 bits per heavy atom. The van der Waals surface area contributed by atoms with E-state index in [9.17, 15) is 9.90 Å². The molecule has 1 heterocycles. The smallest absolute Gasteiger partial charge is 0.273 e. The maximum absolute atomic E-state index is 11.8. The molecule has 0 bridgehead atoms. The van der Waals surface area contributed by atoms with Crippen molar-refractivity contribution in [2.45, 2.75) is 45.6 Å². The van der Waals surface area contributed by atoms with Crippen molar-refractivity contribution in [1.82, 2.24) is 10.3 Å². The predicted octanol–water partition coefficient (Wildman–Crippen LogP) is 1.65. The Bertz CT molecular complexity index is 453. The number of amides is 1. The van der Waals surface area contributed by atoms with E-state index in [0.717, 1.165) is 19.3 Å². The minimum atomic E-state index is -0.832. The van der Waals surface area contributed by atoms with Gasteiger partial charge >= 0.3 is 0 Å². The number of oxazole rings is 1. The highest BCUT2D eigenvalue weighted by atomic mass is 16.3. The first kappa shape index (κ1) is 13.1. The van der Waals surface area contributed by atoms with Crippen molar-refractivity contribution in [1.29, 1.82) is 0 Å². The van der Waals surface area contributed by atoms with Crippen molar-refractivity contribution in [3.05, 3.63) is 17.8 Å². The van der Waals surface area contributed by atoms with Crippen molar-refractivity contribution in [2.24, 2.45) is 5.41 Å². The molecule has 1 saturated carbocycles. The van der Waals surface area contributed by atoms with Crippen LogP contribution in [0.4, 0.5) is 0 Å². The number of carbonyl (C=O) groups is 1. The molecule has 2 rings (SSSR count). The number of carbonyl (C=O) groups excluding carboxylic acids is 1. The molecule has 100 valence electrons. The Morgan fingerprint density at radius 1 is 1.56 bits per heavy atom. The third-order valence-corrected chi connectivity index (χ3v) is 4.04. The molecule has 1 aromatic rings. The molecule has 5 heteroatoms. The van der Waals surface area contributed by atoms with Crippen LogP contribution in [0.15, 0.2) is 10.7 Å². The largest absolute Gasteiger partial charge is 0.448 e. The van der Waals surface area contributed by atoms with Crippen LogP contribution in [0.5, 0.6) is 0 Å². The average molecular weight is 252 g/mol. The van der Waals surface area contributed by atoms with Crippen LogP contribution >= 0.6 is 0 Å². The van der Waals surface area contributed by atoms with E-state index in [1.165, 1.54) is 6.26 Å². The van der Waals surface area contributed by atoms with Crippen molar-refractivity contribution in [3.63, 3.8) is 0 Å². The molecule has 0 saturated heterocycles. The van der Waals surface area contributed by atoms with Crippen LogP contribution in [0.1, 0.15) is 49.5 Å². The Balaban J connectivity index is 1.98. The Labute approximate surface area is 107 Å². The summed E-state index contributed by atoms with van der Waals surface area (Å²) in [5, 5.41) is 13.3. The van der Waals surface area contributed by atoms with Gasteiger partial charge in [-0.25, -0.2) is 4.98 Å². The number of rotatable bonds is 3. The summed E-state index contributed by atoms with van der Waals surface area (Å²) in [6, 6.07) is 0. The predicted molar refractivity (Wildman–Crippen MR) is 66.2 cm³/mol. The lowest BCUT2D eigenvalue weighted by Gasteiger charge is -2.36. The molecule has 0 aliphatic heterocycles. The minimum absolute atomic E-state index is 0.167. The van der Waals surface area contributed by atoms with Gasteiger partial charge in [-0.1, -0.05) is 13.8 Å². The molecular formula is C13H20N2O3. The molecule has 2 N–H and O–H groups in total. The van der Waals surface area contributed by atoms with Crippen molar-refractivity contribution in [3.8, 4) is 0 Å². The molecule has 1 aliphatic rings. The van der Waals surface area contributed by atoms with Crippen molar-refractivity contribution >= 4 is 5.91 Å². The summed E-state index contributed by atoms with van der Waals surface area (Å²) in [5.41, 5.74) is -0.742. The molecule has 0 aromatic carbocycles. The summed E-state index contributed by atoms with van der Waals surface area (Å²) >= 11 is 0. The van der Waals surface area contributed by atoms with E-state index < -0.39 is 5.60 Å². The number of aromatic nitrogens is 1. The summed E-state index contributed by atoms with van der Waals surface area (Å²) in [6.45, 7) is 6.01. The fraction of sp³-hybridized carbons (Fsp3) is 0.692. The standard InChI is InChI=1S/C13H20N2O3/c1-9-15-10(7-18-9)11(16)14-8-13(17)6-4-5-12(13,2)3/h7,17H,4-6,8H2,1-3H3,(H,14,16)/t13-/m1/s1. The van der Waals surface area contributed by atoms with Gasteiger partial charge in [-0.3, -0.25) is 4.79 Å². The molecule has 0 unspecified atom stereocenters. The van der Waals surface area contributed by atoms with E-state index in [2.05, 4.69) is 10.3 Å². The molecule has 0 radical (unpaired) electrons. The van der Waals surface area contributed by atoms with E-state index in [1.807, 2.05) is 13.8 Å². The van der Waals surface area contributed by atoms with Gasteiger partial charge in [0.15, 0.2) is 11.6 Å². The van der Waals surface area contributed by atoms with Crippen LogP contribution in [0.25, 0.3) is 0 Å². The fourth-order valence-corrected chi connectivity index (χ4v) is 2.51. The zero-order chi connectivity index (χ0) is 13.4. The van der Waals surface area contributed by atoms with Crippen LogP contribution in [0.3, 0.4) is 0 Å². The first-order chi connectivity index (χ1) is 8.34. The van der Waals surface area contributed by atoms with Gasteiger partial charge in [-0.2, -0.15) is 0 Å². The normalized spacial score (nSPS) is 26.2. The monoisotopic (exact) mass is 252 g/mol. The topological polar surface area (TPSA) is 75.4 Å². The third kappa shape index (κ3) is 2.27. The second kappa shape index (κ2) is 4.39. The molecule has 18 heavy (non-hydrogen) atoms. The number of nitrogens with zero attached hydrogens (tertiary/aromatic N) is 1. The molecule has 1 aliphatic carbocycles. The number of aliphatic hydroxyl groups is 1. The highest BCUT2D eigenvalue weighted by Crippen LogP contribution is 2.45. The maximum Gasteiger partial charge on any atom is 0.273 e. The molecule has 1 aromatic heterocycles. The van der Waals surface area contributed by atoms with Crippen LogP contribution in [0.2, 0.25) is 0 Å². The number of nitrogens with one attached hydrogen (secondary N) is 1. The van der Waals surface area contributed by atoms with Gasteiger partial charge in [0.1, 0.15) is 6.26 Å². The van der Waals surface area contributed by atoms with Crippen LogP contribution in [-0.4, -0.2) is 28.1 Å². The lowest BCUT2D eigenvalue weighted by atomic mass is 9.78. The molecule has 0 spiro atoms. The van der Waals surface area contributed by atoms with Gasteiger partial charge in [-0.05, 0) is 24.7 Å². The number of hydrogen-bond donors (Lipinski definition) is 2. The van der Waals surface area contributed by atoms with E-state index >= 15 is 0 Å². The fourth-order valence-electron chi connectivity index (χ4n) is 2.51. The first-order valence-corrected chi connectivity index (χ1v) is 6.27. The zero-order valence-electron chi connectivity index (χ0n) is 11.1. The lowest BCUT2D eigenvalue weighted by molar-refractivity contribution is -0.0394. The average Bonchev–Trinajstić information content (AvgIpc) is 2.82. The first-order valence-electron chi connectivity index (χ1n) is 6.27. The van der Waals surface area contributed by atoms with Crippen LogP contribution < -0.4 is 5.32 Å². The summed E-state index contributed by atoms with van der Waals surface area (Å²) in [7, 11) is 0. The van der Waals surface area contributed by atoms with Crippen LogP contribution in [0, 0.1) is 12.3 Å². The van der Waals surface area contributed by atoms with Gasteiger partial charge in [0.05, 0.1) is 5.60 Å². The molecule has 1 atom stereocenters. The zero-order valence-corrected chi connectivity index (χ0v) is 11.1. The molecule has 5 nitrogen and oxygen atoms in total. The van der Waals surface area contributed by atoms with E-state index in [0.29, 0.717) is 5.89 Å². The van der Waals surface area contributed by atoms with Crippen molar-refractivity contribution in [2.75, 3.05) is 6.54 Å². The van der Waals surface area contributed by atoms with Gasteiger partial charge in [-0.15, -0.1) is 0 Å². The quantitative estimate of drug-likeness (QED) is 0.857. The second-order valence-electron chi connectivity index (χ2n) is 5.70. The van der Waals surface area contributed by atoms with Gasteiger partial charge < -0.3 is 14.8 Å². The molecule has 1 fully saturated rings. The third-order valence-electron chi connectivity index (χ3n) is 4.04. The number of aryl methyl sites for hydroxylation is 1. The second-order valence-corrected chi connectivity index (χ2v) is 5.70. The van der Waals surface area contributed by atoms with Crippen LogP contribution in [-0.2, 0) is 0 Å². The highest BCUT2D eigenvalue weighted by molar-refractivity contribution is 5.91. The summed E-state index contributed by atoms with van der Waals surface area (Å²) < 4.78 is 4.99. The SMILES string of the molecule is Cc1nc(C(=O)NC[C@]2(O)CCCC2(C)C)co1. The molecular weight excluding hydrogens is 232 g/mol. The summed E-state index contributed by atoms with van der Waals surface area (Å²) in [5.74, 6) is 0.156. The van der Waals surface area contributed by atoms with Gasteiger partial charge in [0.2, 0.25) is 0 Å².